The normalized spacial score (nSPS) is 15.2. The molecule has 138 valence electrons. The Balaban J connectivity index is 1.50. The Morgan fingerprint density at radius 2 is 2.07 bits per heavy atom. The summed E-state index contributed by atoms with van der Waals surface area (Å²) in [7, 11) is 0. The summed E-state index contributed by atoms with van der Waals surface area (Å²) in [5.41, 5.74) is 1.46. The van der Waals surface area contributed by atoms with Crippen LogP contribution in [-0.4, -0.2) is 20.2 Å². The van der Waals surface area contributed by atoms with Crippen molar-refractivity contribution in [2.24, 2.45) is 0 Å². The molecule has 0 spiro atoms. The van der Waals surface area contributed by atoms with Crippen molar-refractivity contribution in [3.63, 3.8) is 0 Å². The number of aryl methyl sites for hydroxylation is 3. The number of aromatic nitrogens is 4. The van der Waals surface area contributed by atoms with Gasteiger partial charge >= 0.3 is 0 Å². The second kappa shape index (κ2) is 7.00. The number of rotatable bonds is 4. The van der Waals surface area contributed by atoms with E-state index in [1.807, 2.05) is 35.8 Å². The van der Waals surface area contributed by atoms with Gasteiger partial charge in [-0.25, -0.2) is 9.97 Å². The Labute approximate surface area is 169 Å². The van der Waals surface area contributed by atoms with E-state index in [4.69, 9.17) is 14.4 Å². The average molecular weight is 415 g/mol. The highest BCUT2D eigenvalue weighted by Crippen LogP contribution is 2.43. The molecule has 0 N–H and O–H groups in total. The fourth-order valence-corrected chi connectivity index (χ4v) is 6.50. The second-order valence-corrected chi connectivity index (χ2v) is 10.0. The average Bonchev–Trinajstić information content (AvgIpc) is 3.39. The van der Waals surface area contributed by atoms with Gasteiger partial charge in [0.1, 0.15) is 15.7 Å². The van der Waals surface area contributed by atoms with Gasteiger partial charge in [0, 0.05) is 10.3 Å². The minimum Gasteiger partial charge on any atom is -0.419 e. The standard InChI is InChI=1S/C19H18N4OS3/c1-10(16-22-23-17(24-16)14-8-5-9-25-14)26-18-15-12-6-3-4-7-13(12)27-19(15)21-11(2)20-18/h5,8-10H,3-4,6-7H2,1-2H3/t10-/m1/s1. The van der Waals surface area contributed by atoms with E-state index in [9.17, 15) is 0 Å². The molecule has 27 heavy (non-hydrogen) atoms. The molecule has 8 heteroatoms. The van der Waals surface area contributed by atoms with Crippen molar-refractivity contribution >= 4 is 44.7 Å². The van der Waals surface area contributed by atoms with E-state index >= 15 is 0 Å². The molecule has 0 unspecified atom stereocenters. The predicted molar refractivity (Wildman–Crippen MR) is 111 cm³/mol. The van der Waals surface area contributed by atoms with Crippen LogP contribution in [0.5, 0.6) is 0 Å². The minimum absolute atomic E-state index is 0.0304. The largest absolute Gasteiger partial charge is 0.419 e. The van der Waals surface area contributed by atoms with Gasteiger partial charge in [-0.3, -0.25) is 0 Å². The van der Waals surface area contributed by atoms with Crippen molar-refractivity contribution in [3.05, 3.63) is 39.7 Å². The first-order valence-corrected chi connectivity index (χ1v) is 11.6. The van der Waals surface area contributed by atoms with Gasteiger partial charge in [0.05, 0.1) is 10.1 Å². The third-order valence-corrected chi connectivity index (χ3v) is 7.82. The molecule has 0 aliphatic heterocycles. The van der Waals surface area contributed by atoms with Gasteiger partial charge in [-0.2, -0.15) is 0 Å². The lowest BCUT2D eigenvalue weighted by Crippen LogP contribution is -2.00. The highest BCUT2D eigenvalue weighted by atomic mass is 32.2. The first-order valence-electron chi connectivity index (χ1n) is 9.02. The van der Waals surface area contributed by atoms with Crippen LogP contribution in [0.15, 0.2) is 27.0 Å². The zero-order valence-corrected chi connectivity index (χ0v) is 17.5. The maximum Gasteiger partial charge on any atom is 0.257 e. The summed E-state index contributed by atoms with van der Waals surface area (Å²) in [5.74, 6) is 2.04. The molecule has 1 aliphatic rings. The predicted octanol–water partition coefficient (Wildman–Crippen LogP) is 5.84. The van der Waals surface area contributed by atoms with Gasteiger partial charge < -0.3 is 4.42 Å². The number of fused-ring (bicyclic) bond motifs is 3. The summed E-state index contributed by atoms with van der Waals surface area (Å²) in [6, 6.07) is 3.98. The van der Waals surface area contributed by atoms with Crippen molar-refractivity contribution < 1.29 is 4.42 Å². The molecule has 0 saturated heterocycles. The molecule has 0 radical (unpaired) electrons. The molecule has 1 aliphatic carbocycles. The molecular weight excluding hydrogens is 396 g/mol. The van der Waals surface area contributed by atoms with Gasteiger partial charge in [0.15, 0.2) is 0 Å². The Kier molecular flexibility index (Phi) is 4.49. The van der Waals surface area contributed by atoms with Crippen molar-refractivity contribution in [1.29, 1.82) is 0 Å². The summed E-state index contributed by atoms with van der Waals surface area (Å²) in [4.78, 5) is 13.1. The molecule has 0 fully saturated rings. The van der Waals surface area contributed by atoms with Crippen LogP contribution in [0.25, 0.3) is 21.0 Å². The monoisotopic (exact) mass is 414 g/mol. The molecule has 5 nitrogen and oxygen atoms in total. The van der Waals surface area contributed by atoms with Crippen molar-refractivity contribution in [3.8, 4) is 10.8 Å². The minimum atomic E-state index is 0.0304. The number of thiophene rings is 2. The van der Waals surface area contributed by atoms with Gasteiger partial charge in [-0.1, -0.05) is 17.8 Å². The third-order valence-electron chi connectivity index (χ3n) is 4.70. The fourth-order valence-electron chi connectivity index (χ4n) is 3.43. The van der Waals surface area contributed by atoms with Crippen molar-refractivity contribution in [2.45, 2.75) is 49.8 Å². The SMILES string of the molecule is Cc1nc(S[C@H](C)c2nnc(-c3cccs3)o2)c2c3c(sc2n1)CCCC3. The van der Waals surface area contributed by atoms with E-state index in [1.165, 1.54) is 35.1 Å². The number of thioether (sulfide) groups is 1. The number of hydrogen-bond donors (Lipinski definition) is 0. The lowest BCUT2D eigenvalue weighted by molar-refractivity contribution is 0.510. The Morgan fingerprint density at radius 1 is 1.19 bits per heavy atom. The van der Waals surface area contributed by atoms with Crippen LogP contribution in [0.4, 0.5) is 0 Å². The Bertz CT molecular complexity index is 1100. The lowest BCUT2D eigenvalue weighted by atomic mass is 9.97. The molecular formula is C19H18N4OS3. The van der Waals surface area contributed by atoms with E-state index in [2.05, 4.69) is 17.1 Å². The van der Waals surface area contributed by atoms with Gasteiger partial charge in [0.2, 0.25) is 5.89 Å². The first-order chi connectivity index (χ1) is 13.2. The smallest absolute Gasteiger partial charge is 0.257 e. The van der Waals surface area contributed by atoms with Crippen LogP contribution >= 0.6 is 34.4 Å². The Morgan fingerprint density at radius 3 is 2.93 bits per heavy atom. The molecule has 0 amide bonds. The molecule has 1 atom stereocenters. The first kappa shape index (κ1) is 17.3. The van der Waals surface area contributed by atoms with Crippen LogP contribution in [0.1, 0.15) is 47.2 Å². The summed E-state index contributed by atoms with van der Waals surface area (Å²) >= 11 is 5.13. The molecule has 4 aromatic rings. The summed E-state index contributed by atoms with van der Waals surface area (Å²) in [5, 5.41) is 12.8. The van der Waals surface area contributed by atoms with E-state index < -0.39 is 0 Å². The molecule has 0 bridgehead atoms. The van der Waals surface area contributed by atoms with Crippen molar-refractivity contribution in [1.82, 2.24) is 20.2 Å². The van der Waals surface area contributed by atoms with Crippen LogP contribution in [-0.2, 0) is 12.8 Å². The molecule has 0 saturated carbocycles. The quantitative estimate of drug-likeness (QED) is 0.309. The third kappa shape index (κ3) is 3.19. The second-order valence-electron chi connectivity index (χ2n) is 6.65. The van der Waals surface area contributed by atoms with Gasteiger partial charge in [-0.15, -0.1) is 32.9 Å². The van der Waals surface area contributed by atoms with E-state index in [0.717, 1.165) is 27.0 Å². The van der Waals surface area contributed by atoms with E-state index in [1.54, 1.807) is 23.1 Å². The van der Waals surface area contributed by atoms with E-state index in [-0.39, 0.29) is 5.25 Å². The van der Waals surface area contributed by atoms with Crippen LogP contribution in [0.2, 0.25) is 0 Å². The van der Waals surface area contributed by atoms with Crippen molar-refractivity contribution in [2.75, 3.05) is 0 Å². The zero-order chi connectivity index (χ0) is 18.4. The van der Waals surface area contributed by atoms with Crippen LogP contribution in [0, 0.1) is 6.92 Å². The number of hydrogen-bond acceptors (Lipinski definition) is 8. The van der Waals surface area contributed by atoms with Gasteiger partial charge in [0.25, 0.3) is 5.89 Å². The van der Waals surface area contributed by atoms with Crippen LogP contribution in [0.3, 0.4) is 0 Å². The fraction of sp³-hybridized carbons (Fsp3) is 0.368. The highest BCUT2D eigenvalue weighted by molar-refractivity contribution is 7.99. The highest BCUT2D eigenvalue weighted by Gasteiger charge is 2.24. The summed E-state index contributed by atoms with van der Waals surface area (Å²) in [6.07, 6.45) is 4.83. The lowest BCUT2D eigenvalue weighted by Gasteiger charge is -2.13. The summed E-state index contributed by atoms with van der Waals surface area (Å²) in [6.45, 7) is 4.06. The number of nitrogens with zero attached hydrogens (tertiary/aromatic N) is 4. The molecule has 0 aromatic carbocycles. The maximum absolute atomic E-state index is 5.93. The summed E-state index contributed by atoms with van der Waals surface area (Å²) < 4.78 is 5.93. The van der Waals surface area contributed by atoms with Crippen LogP contribution < -0.4 is 0 Å². The van der Waals surface area contributed by atoms with Gasteiger partial charge in [-0.05, 0) is 56.5 Å². The van der Waals surface area contributed by atoms with E-state index in [0.29, 0.717) is 11.8 Å². The Hall–Kier alpha value is -1.77. The topological polar surface area (TPSA) is 64.7 Å². The molecule has 4 heterocycles. The molecule has 4 aromatic heterocycles. The zero-order valence-electron chi connectivity index (χ0n) is 15.1. The maximum atomic E-state index is 5.93. The molecule has 5 rings (SSSR count).